The zero-order chi connectivity index (χ0) is 11.4. The molecule has 2 heterocycles. The Morgan fingerprint density at radius 3 is 3.06 bits per heavy atom. The fourth-order valence-electron chi connectivity index (χ4n) is 2.38. The standard InChI is InChI=1S/C12H20N2S2/c1-12(7-3-9-16-12)11(14-13)6-5-10-4-2-8-15-10/h2,4,8,11,14H,3,5-7,9,13H2,1H3. The number of thiophene rings is 1. The first kappa shape index (κ1) is 12.4. The van der Waals surface area contributed by atoms with Gasteiger partial charge in [-0.3, -0.25) is 11.3 Å². The van der Waals surface area contributed by atoms with E-state index in [0.717, 1.165) is 12.8 Å². The van der Waals surface area contributed by atoms with Gasteiger partial charge in [0.25, 0.3) is 0 Å². The molecule has 0 aromatic carbocycles. The van der Waals surface area contributed by atoms with E-state index in [4.69, 9.17) is 5.84 Å². The van der Waals surface area contributed by atoms with E-state index in [1.165, 1.54) is 23.5 Å². The van der Waals surface area contributed by atoms with Crippen LogP contribution in [0.1, 0.15) is 31.1 Å². The minimum atomic E-state index is 0.339. The van der Waals surface area contributed by atoms with Gasteiger partial charge in [-0.05, 0) is 49.8 Å². The first-order valence-electron chi connectivity index (χ1n) is 5.87. The van der Waals surface area contributed by atoms with Crippen molar-refractivity contribution in [3.8, 4) is 0 Å². The molecule has 0 amide bonds. The molecular formula is C12H20N2S2. The number of aryl methyl sites for hydroxylation is 1. The number of hydrogen-bond donors (Lipinski definition) is 2. The third kappa shape index (κ3) is 2.80. The second-order valence-electron chi connectivity index (χ2n) is 4.60. The van der Waals surface area contributed by atoms with Crippen molar-refractivity contribution >= 4 is 23.1 Å². The van der Waals surface area contributed by atoms with Gasteiger partial charge in [0.05, 0.1) is 0 Å². The molecule has 1 aromatic rings. The lowest BCUT2D eigenvalue weighted by Gasteiger charge is -2.32. The SMILES string of the molecule is CC1(C(CCc2cccs2)NN)CCCS1. The van der Waals surface area contributed by atoms with Crippen LogP contribution in [-0.2, 0) is 6.42 Å². The fraction of sp³-hybridized carbons (Fsp3) is 0.667. The summed E-state index contributed by atoms with van der Waals surface area (Å²) in [4.78, 5) is 1.46. The number of hydrogen-bond acceptors (Lipinski definition) is 4. The highest BCUT2D eigenvalue weighted by atomic mass is 32.2. The zero-order valence-electron chi connectivity index (χ0n) is 9.74. The lowest BCUT2D eigenvalue weighted by molar-refractivity contribution is 0.387. The summed E-state index contributed by atoms with van der Waals surface area (Å²) in [6, 6.07) is 4.77. The molecule has 0 spiro atoms. The van der Waals surface area contributed by atoms with Crippen LogP contribution in [0, 0.1) is 0 Å². The summed E-state index contributed by atoms with van der Waals surface area (Å²) in [5.74, 6) is 7.00. The number of nitrogens with two attached hydrogens (primary N) is 1. The van der Waals surface area contributed by atoms with Crippen molar-refractivity contribution in [1.29, 1.82) is 0 Å². The largest absolute Gasteiger partial charge is 0.271 e. The minimum Gasteiger partial charge on any atom is -0.271 e. The van der Waals surface area contributed by atoms with Gasteiger partial charge in [0.15, 0.2) is 0 Å². The number of thioether (sulfide) groups is 1. The van der Waals surface area contributed by atoms with E-state index in [1.54, 1.807) is 0 Å². The van der Waals surface area contributed by atoms with E-state index in [1.807, 2.05) is 11.3 Å². The molecule has 2 nitrogen and oxygen atoms in total. The lowest BCUT2D eigenvalue weighted by Crippen LogP contribution is -2.48. The van der Waals surface area contributed by atoms with Crippen LogP contribution in [0.3, 0.4) is 0 Å². The third-order valence-corrected chi connectivity index (χ3v) is 6.02. The van der Waals surface area contributed by atoms with Crippen LogP contribution in [0.25, 0.3) is 0 Å². The molecule has 0 saturated carbocycles. The van der Waals surface area contributed by atoms with Gasteiger partial charge in [-0.15, -0.1) is 11.3 Å². The quantitative estimate of drug-likeness (QED) is 0.628. The van der Waals surface area contributed by atoms with E-state index in [2.05, 4.69) is 41.6 Å². The number of nitrogens with one attached hydrogen (secondary N) is 1. The average Bonchev–Trinajstić information content (AvgIpc) is 2.91. The Labute approximate surface area is 106 Å². The summed E-state index contributed by atoms with van der Waals surface area (Å²) >= 11 is 3.92. The number of rotatable bonds is 5. The average molecular weight is 256 g/mol. The van der Waals surface area contributed by atoms with E-state index in [0.29, 0.717) is 10.8 Å². The molecule has 90 valence electrons. The van der Waals surface area contributed by atoms with Crippen molar-refractivity contribution in [2.45, 2.75) is 43.4 Å². The molecular weight excluding hydrogens is 236 g/mol. The summed E-state index contributed by atoms with van der Waals surface area (Å²) < 4.78 is 0.339. The predicted molar refractivity (Wildman–Crippen MR) is 73.8 cm³/mol. The second kappa shape index (κ2) is 5.54. The van der Waals surface area contributed by atoms with E-state index in [9.17, 15) is 0 Å². The Kier molecular flexibility index (Phi) is 4.30. The van der Waals surface area contributed by atoms with Gasteiger partial charge in [0.2, 0.25) is 0 Å². The van der Waals surface area contributed by atoms with Crippen molar-refractivity contribution in [2.75, 3.05) is 5.75 Å². The summed E-state index contributed by atoms with van der Waals surface area (Å²) in [6.07, 6.45) is 4.90. The summed E-state index contributed by atoms with van der Waals surface area (Å²) in [5.41, 5.74) is 3.03. The molecule has 2 rings (SSSR count). The molecule has 1 aromatic heterocycles. The van der Waals surface area contributed by atoms with Crippen LogP contribution in [-0.4, -0.2) is 16.5 Å². The first-order chi connectivity index (χ1) is 7.74. The molecule has 1 aliphatic rings. The number of hydrazine groups is 1. The van der Waals surface area contributed by atoms with Gasteiger partial charge in [-0.2, -0.15) is 11.8 Å². The van der Waals surface area contributed by atoms with Gasteiger partial charge < -0.3 is 0 Å². The monoisotopic (exact) mass is 256 g/mol. The maximum Gasteiger partial charge on any atom is 0.0358 e. The Morgan fingerprint density at radius 2 is 2.50 bits per heavy atom. The van der Waals surface area contributed by atoms with Gasteiger partial charge in [0, 0.05) is 15.7 Å². The smallest absolute Gasteiger partial charge is 0.0358 e. The van der Waals surface area contributed by atoms with Crippen LogP contribution in [0.5, 0.6) is 0 Å². The van der Waals surface area contributed by atoms with Gasteiger partial charge in [-0.25, -0.2) is 0 Å². The fourth-order valence-corrected chi connectivity index (χ4v) is 4.54. The van der Waals surface area contributed by atoms with Gasteiger partial charge >= 0.3 is 0 Å². The maximum atomic E-state index is 5.72. The maximum absolute atomic E-state index is 5.72. The van der Waals surface area contributed by atoms with Gasteiger partial charge in [-0.1, -0.05) is 6.07 Å². The minimum absolute atomic E-state index is 0.339. The molecule has 2 atom stereocenters. The molecule has 16 heavy (non-hydrogen) atoms. The Balaban J connectivity index is 1.90. The van der Waals surface area contributed by atoms with Crippen molar-refractivity contribution in [3.05, 3.63) is 22.4 Å². The van der Waals surface area contributed by atoms with Crippen LogP contribution in [0.2, 0.25) is 0 Å². The summed E-state index contributed by atoms with van der Waals surface area (Å²) in [7, 11) is 0. The molecule has 4 heteroatoms. The molecule has 1 aliphatic heterocycles. The van der Waals surface area contributed by atoms with Crippen LogP contribution in [0.15, 0.2) is 17.5 Å². The highest BCUT2D eigenvalue weighted by Crippen LogP contribution is 2.41. The topological polar surface area (TPSA) is 38.0 Å². The summed E-state index contributed by atoms with van der Waals surface area (Å²) in [6.45, 7) is 2.35. The van der Waals surface area contributed by atoms with E-state index < -0.39 is 0 Å². The van der Waals surface area contributed by atoms with E-state index in [-0.39, 0.29) is 0 Å². The molecule has 3 N–H and O–H groups in total. The van der Waals surface area contributed by atoms with Crippen LogP contribution in [0.4, 0.5) is 0 Å². The molecule has 2 unspecified atom stereocenters. The molecule has 0 radical (unpaired) electrons. The third-order valence-electron chi connectivity index (χ3n) is 3.45. The second-order valence-corrected chi connectivity index (χ2v) is 7.26. The zero-order valence-corrected chi connectivity index (χ0v) is 11.4. The Bertz CT molecular complexity index is 305. The Morgan fingerprint density at radius 1 is 1.62 bits per heavy atom. The lowest BCUT2D eigenvalue weighted by atomic mass is 9.93. The molecule has 1 fully saturated rings. The van der Waals surface area contributed by atoms with Gasteiger partial charge in [0.1, 0.15) is 0 Å². The van der Waals surface area contributed by atoms with Crippen molar-refractivity contribution in [2.24, 2.45) is 5.84 Å². The van der Waals surface area contributed by atoms with Crippen molar-refractivity contribution in [3.63, 3.8) is 0 Å². The molecule has 0 bridgehead atoms. The van der Waals surface area contributed by atoms with Crippen molar-refractivity contribution in [1.82, 2.24) is 5.43 Å². The van der Waals surface area contributed by atoms with Crippen molar-refractivity contribution < 1.29 is 0 Å². The summed E-state index contributed by atoms with van der Waals surface area (Å²) in [5, 5.41) is 2.15. The van der Waals surface area contributed by atoms with E-state index >= 15 is 0 Å². The Hall–Kier alpha value is -0.0300. The highest BCUT2D eigenvalue weighted by molar-refractivity contribution is 8.00. The van der Waals surface area contributed by atoms with Crippen LogP contribution >= 0.6 is 23.1 Å². The normalized spacial score (nSPS) is 27.1. The molecule has 1 saturated heterocycles. The molecule has 0 aliphatic carbocycles. The predicted octanol–water partition coefficient (Wildman–Crippen LogP) is 2.80. The highest BCUT2D eigenvalue weighted by Gasteiger charge is 2.36. The first-order valence-corrected chi connectivity index (χ1v) is 7.73. The van der Waals surface area contributed by atoms with Crippen LogP contribution < -0.4 is 11.3 Å².